The maximum Gasteiger partial charge on any atom is 0.244 e. The van der Waals surface area contributed by atoms with Gasteiger partial charge in [0, 0.05) is 11.3 Å². The smallest absolute Gasteiger partial charge is 0.244 e. The van der Waals surface area contributed by atoms with Crippen molar-refractivity contribution in [3.8, 4) is 0 Å². The Kier molecular flexibility index (Phi) is 5.03. The molecule has 0 atom stereocenters. The molecule has 25 heavy (non-hydrogen) atoms. The quantitative estimate of drug-likeness (QED) is 0.692. The maximum atomic E-state index is 12.5. The summed E-state index contributed by atoms with van der Waals surface area (Å²) < 4.78 is 27.6. The second-order valence-corrected chi connectivity index (χ2v) is 8.74. The van der Waals surface area contributed by atoms with Gasteiger partial charge in [0.05, 0.1) is 23.6 Å². The molecule has 0 radical (unpaired) electrons. The fourth-order valence-electron chi connectivity index (χ4n) is 2.67. The molecule has 3 aromatic rings. The summed E-state index contributed by atoms with van der Waals surface area (Å²) in [6, 6.07) is 10.2. The Morgan fingerprint density at radius 2 is 1.84 bits per heavy atom. The van der Waals surface area contributed by atoms with Gasteiger partial charge in [-0.05, 0) is 26.3 Å². The SMILES string of the molecule is Cc1nc(CNS(=O)(=O)c2c(C)n[nH]c2C)sc1Cc1ccccc1. The molecule has 3 rings (SSSR count). The van der Waals surface area contributed by atoms with Crippen LogP contribution in [-0.2, 0) is 23.0 Å². The van der Waals surface area contributed by atoms with Gasteiger partial charge in [-0.1, -0.05) is 30.3 Å². The van der Waals surface area contributed by atoms with Gasteiger partial charge in [-0.3, -0.25) is 5.10 Å². The highest BCUT2D eigenvalue weighted by atomic mass is 32.2. The van der Waals surface area contributed by atoms with Crippen molar-refractivity contribution in [3.63, 3.8) is 0 Å². The van der Waals surface area contributed by atoms with Crippen LogP contribution in [-0.4, -0.2) is 23.6 Å². The molecule has 6 nitrogen and oxygen atoms in total. The fourth-order valence-corrected chi connectivity index (χ4v) is 5.16. The van der Waals surface area contributed by atoms with Gasteiger partial charge in [0.25, 0.3) is 0 Å². The molecule has 0 aliphatic heterocycles. The van der Waals surface area contributed by atoms with Crippen molar-refractivity contribution in [1.29, 1.82) is 0 Å². The van der Waals surface area contributed by atoms with Crippen molar-refractivity contribution in [2.45, 2.75) is 38.6 Å². The minimum Gasteiger partial charge on any atom is -0.281 e. The third-order valence-electron chi connectivity index (χ3n) is 3.89. The Morgan fingerprint density at radius 1 is 1.12 bits per heavy atom. The van der Waals surface area contributed by atoms with E-state index in [4.69, 9.17) is 0 Å². The molecular weight excluding hydrogens is 356 g/mol. The Morgan fingerprint density at radius 3 is 2.48 bits per heavy atom. The van der Waals surface area contributed by atoms with Crippen LogP contribution in [0.4, 0.5) is 0 Å². The number of nitrogens with one attached hydrogen (secondary N) is 2. The zero-order valence-electron chi connectivity index (χ0n) is 14.3. The molecule has 2 N–H and O–H groups in total. The van der Waals surface area contributed by atoms with Crippen LogP contribution in [0.15, 0.2) is 35.2 Å². The molecule has 0 aliphatic carbocycles. The van der Waals surface area contributed by atoms with Gasteiger partial charge in [0.15, 0.2) is 0 Å². The van der Waals surface area contributed by atoms with Gasteiger partial charge >= 0.3 is 0 Å². The van der Waals surface area contributed by atoms with E-state index in [0.717, 1.165) is 22.0 Å². The van der Waals surface area contributed by atoms with Crippen LogP contribution in [0.3, 0.4) is 0 Å². The highest BCUT2D eigenvalue weighted by Gasteiger charge is 2.22. The van der Waals surface area contributed by atoms with Gasteiger partial charge in [-0.2, -0.15) is 5.10 Å². The first-order valence-electron chi connectivity index (χ1n) is 7.87. The maximum absolute atomic E-state index is 12.5. The lowest BCUT2D eigenvalue weighted by atomic mass is 10.1. The number of aromatic nitrogens is 3. The first-order valence-corrected chi connectivity index (χ1v) is 10.2. The summed E-state index contributed by atoms with van der Waals surface area (Å²) >= 11 is 1.54. The highest BCUT2D eigenvalue weighted by molar-refractivity contribution is 7.89. The van der Waals surface area contributed by atoms with Gasteiger partial charge in [-0.25, -0.2) is 18.1 Å². The largest absolute Gasteiger partial charge is 0.281 e. The number of H-pyrrole nitrogens is 1. The first kappa shape index (κ1) is 17.8. The van der Waals surface area contributed by atoms with Crippen LogP contribution >= 0.6 is 11.3 Å². The van der Waals surface area contributed by atoms with E-state index in [1.54, 1.807) is 13.8 Å². The molecule has 2 heterocycles. The van der Waals surface area contributed by atoms with Crippen molar-refractivity contribution < 1.29 is 8.42 Å². The zero-order chi connectivity index (χ0) is 18.0. The van der Waals surface area contributed by atoms with E-state index in [2.05, 4.69) is 32.0 Å². The first-order chi connectivity index (χ1) is 11.9. The Hall–Kier alpha value is -2.03. The molecule has 0 bridgehead atoms. The molecule has 0 unspecified atom stereocenters. The minimum atomic E-state index is -3.62. The summed E-state index contributed by atoms with van der Waals surface area (Å²) in [6.07, 6.45) is 0.803. The van der Waals surface area contributed by atoms with E-state index in [0.29, 0.717) is 11.4 Å². The third-order valence-corrected chi connectivity index (χ3v) is 6.71. The standard InChI is InChI=1S/C17H20N4O2S2/c1-11-15(9-14-7-5-4-6-8-14)24-16(19-11)10-18-25(22,23)17-12(2)20-21-13(17)3/h4-8,18H,9-10H2,1-3H3,(H,20,21). The lowest BCUT2D eigenvalue weighted by Crippen LogP contribution is -2.24. The molecule has 2 aromatic heterocycles. The highest BCUT2D eigenvalue weighted by Crippen LogP contribution is 2.22. The van der Waals surface area contributed by atoms with Gasteiger partial charge < -0.3 is 0 Å². The second-order valence-electron chi connectivity index (χ2n) is 5.87. The topological polar surface area (TPSA) is 87.7 Å². The monoisotopic (exact) mass is 376 g/mol. The van der Waals surface area contributed by atoms with Crippen LogP contribution in [0.25, 0.3) is 0 Å². The van der Waals surface area contributed by atoms with E-state index >= 15 is 0 Å². The predicted octanol–water partition coefficient (Wildman–Crippen LogP) is 2.86. The number of benzene rings is 1. The van der Waals surface area contributed by atoms with Crippen LogP contribution in [0, 0.1) is 20.8 Å². The Balaban J connectivity index is 1.73. The Bertz CT molecular complexity index is 956. The summed E-state index contributed by atoms with van der Waals surface area (Å²) in [5.74, 6) is 0. The molecule has 0 spiro atoms. The van der Waals surface area contributed by atoms with Crippen molar-refractivity contribution in [3.05, 3.63) is 62.9 Å². The van der Waals surface area contributed by atoms with Crippen LogP contribution in [0.5, 0.6) is 0 Å². The van der Waals surface area contributed by atoms with Crippen molar-refractivity contribution in [2.75, 3.05) is 0 Å². The normalized spacial score (nSPS) is 11.8. The van der Waals surface area contributed by atoms with Crippen molar-refractivity contribution in [2.24, 2.45) is 0 Å². The number of aromatic amines is 1. The number of sulfonamides is 1. The third kappa shape index (κ3) is 3.97. The van der Waals surface area contributed by atoms with Crippen LogP contribution in [0.1, 0.15) is 32.5 Å². The molecule has 132 valence electrons. The van der Waals surface area contributed by atoms with E-state index in [9.17, 15) is 8.42 Å². The van der Waals surface area contributed by atoms with Gasteiger partial charge in [-0.15, -0.1) is 11.3 Å². The molecule has 0 saturated heterocycles. The summed E-state index contributed by atoms with van der Waals surface area (Å²) in [7, 11) is -3.62. The molecular formula is C17H20N4O2S2. The molecule has 1 aromatic carbocycles. The fraction of sp³-hybridized carbons (Fsp3) is 0.294. The number of hydrogen-bond donors (Lipinski definition) is 2. The van der Waals surface area contributed by atoms with Gasteiger partial charge in [0.2, 0.25) is 10.0 Å². The van der Waals surface area contributed by atoms with Gasteiger partial charge in [0.1, 0.15) is 9.90 Å². The minimum absolute atomic E-state index is 0.173. The zero-order valence-corrected chi connectivity index (χ0v) is 16.0. The Labute approximate surface area is 151 Å². The lowest BCUT2D eigenvalue weighted by molar-refractivity contribution is 0.580. The van der Waals surface area contributed by atoms with E-state index in [1.165, 1.54) is 16.9 Å². The van der Waals surface area contributed by atoms with Crippen molar-refractivity contribution >= 4 is 21.4 Å². The number of hydrogen-bond acceptors (Lipinski definition) is 5. The average Bonchev–Trinajstić information content (AvgIpc) is 3.09. The second kappa shape index (κ2) is 7.07. The van der Waals surface area contributed by atoms with Crippen molar-refractivity contribution in [1.82, 2.24) is 19.9 Å². The number of thiazole rings is 1. The molecule has 8 heteroatoms. The van der Waals surface area contributed by atoms with Crippen LogP contribution < -0.4 is 4.72 Å². The molecule has 0 aliphatic rings. The number of rotatable bonds is 6. The van der Waals surface area contributed by atoms with E-state index in [1.807, 2.05) is 25.1 Å². The predicted molar refractivity (Wildman–Crippen MR) is 98.2 cm³/mol. The van der Waals surface area contributed by atoms with E-state index < -0.39 is 10.0 Å². The molecule has 0 saturated carbocycles. The average molecular weight is 377 g/mol. The molecule has 0 fully saturated rings. The van der Waals surface area contributed by atoms with Crippen LogP contribution in [0.2, 0.25) is 0 Å². The molecule has 0 amide bonds. The number of aryl methyl sites for hydroxylation is 3. The summed E-state index contributed by atoms with van der Waals surface area (Å²) in [6.45, 7) is 5.49. The number of nitrogens with zero attached hydrogens (tertiary/aromatic N) is 2. The summed E-state index contributed by atoms with van der Waals surface area (Å²) in [4.78, 5) is 5.87. The summed E-state index contributed by atoms with van der Waals surface area (Å²) in [5.41, 5.74) is 3.15. The van der Waals surface area contributed by atoms with E-state index in [-0.39, 0.29) is 11.4 Å². The summed E-state index contributed by atoms with van der Waals surface area (Å²) in [5, 5.41) is 7.40. The lowest BCUT2D eigenvalue weighted by Gasteiger charge is -2.05.